The molecule has 1 aromatic carbocycles. The van der Waals surface area contributed by atoms with Crippen LogP contribution >= 0.6 is 23.9 Å². The zero-order chi connectivity index (χ0) is 17.0. The Morgan fingerprint density at radius 2 is 2.00 bits per heavy atom. The maximum Gasteiger partial charge on any atom is 0.435 e. The average Bonchev–Trinajstić information content (AvgIpc) is 2.51. The van der Waals surface area contributed by atoms with E-state index in [1.165, 1.54) is 33.7 Å². The summed E-state index contributed by atoms with van der Waals surface area (Å²) < 4.78 is 12.3. The van der Waals surface area contributed by atoms with Crippen molar-refractivity contribution in [2.45, 2.75) is 26.7 Å². The lowest BCUT2D eigenvalue weighted by molar-refractivity contribution is 0.196. The number of nitrogens with zero attached hydrogens (tertiary/aromatic N) is 1. The molecule has 23 heavy (non-hydrogen) atoms. The Labute approximate surface area is 143 Å². The topological polar surface area (TPSA) is 59.8 Å². The van der Waals surface area contributed by atoms with Crippen LogP contribution in [-0.2, 0) is 6.42 Å². The van der Waals surface area contributed by atoms with Crippen molar-refractivity contribution in [1.29, 1.82) is 0 Å². The third-order valence-corrected chi connectivity index (χ3v) is 5.21. The Morgan fingerprint density at radius 3 is 2.61 bits per heavy atom. The Hall–Kier alpha value is -1.60. The van der Waals surface area contributed by atoms with E-state index in [1.54, 1.807) is 18.6 Å². The molecule has 2 rings (SSSR count). The van der Waals surface area contributed by atoms with Gasteiger partial charge in [-0.3, -0.25) is 0 Å². The summed E-state index contributed by atoms with van der Waals surface area (Å²) in [4.78, 5) is 23.9. The van der Waals surface area contributed by atoms with Crippen LogP contribution < -0.4 is 10.4 Å². The molecule has 0 unspecified atom stereocenters. The van der Waals surface area contributed by atoms with Crippen LogP contribution in [0.1, 0.15) is 24.5 Å². The third-order valence-electron chi connectivity index (χ3n) is 3.36. The number of fused-ring (bicyclic) bond motifs is 1. The number of benzene rings is 1. The highest BCUT2D eigenvalue weighted by atomic mass is 32.2. The van der Waals surface area contributed by atoms with Gasteiger partial charge < -0.3 is 9.15 Å². The van der Waals surface area contributed by atoms with Gasteiger partial charge in [0.25, 0.3) is 0 Å². The number of carbonyl (C=O) groups excluding carboxylic acids is 1. The number of carbonyl (C=O) groups is 1. The summed E-state index contributed by atoms with van der Waals surface area (Å²) in [7, 11) is 0. The van der Waals surface area contributed by atoms with Crippen molar-refractivity contribution in [2.24, 2.45) is 0 Å². The van der Waals surface area contributed by atoms with E-state index in [0.29, 0.717) is 17.8 Å². The monoisotopic (exact) mass is 353 g/mol. The van der Waals surface area contributed by atoms with Gasteiger partial charge >= 0.3 is 11.7 Å². The quantitative estimate of drug-likeness (QED) is 0.586. The first kappa shape index (κ1) is 17.7. The number of rotatable bonds is 5. The van der Waals surface area contributed by atoms with Gasteiger partial charge in [-0.25, -0.2) is 9.59 Å². The first-order chi connectivity index (χ1) is 11.0. The highest BCUT2D eigenvalue weighted by Gasteiger charge is 2.19. The van der Waals surface area contributed by atoms with E-state index in [-0.39, 0.29) is 0 Å². The lowest BCUT2D eigenvalue weighted by Crippen LogP contribution is -2.21. The standard InChI is InChI=1S/C16H19NO4S2/c1-5-6-12-13(20-16(19)17(22-3)23-4)8-7-11-10(2)9-14(18)21-15(11)12/h7-9H,5-6H2,1-4H3. The molecule has 1 aromatic heterocycles. The summed E-state index contributed by atoms with van der Waals surface area (Å²) in [5.41, 5.74) is 1.70. The lowest BCUT2D eigenvalue weighted by atomic mass is 10.0. The molecule has 0 fully saturated rings. The Balaban J connectivity index is 2.53. The van der Waals surface area contributed by atoms with Crippen LogP contribution in [0.25, 0.3) is 11.0 Å². The number of hydrogen-bond donors (Lipinski definition) is 0. The molecule has 0 N–H and O–H groups in total. The molecule has 0 aliphatic heterocycles. The zero-order valence-electron chi connectivity index (χ0n) is 13.5. The SMILES string of the molecule is CCCc1c(OC(=O)N(SC)SC)ccc2c(C)cc(=O)oc12. The lowest BCUT2D eigenvalue weighted by Gasteiger charge is -2.17. The van der Waals surface area contributed by atoms with Crippen molar-refractivity contribution in [2.75, 3.05) is 12.5 Å². The molecular formula is C16H19NO4S2. The van der Waals surface area contributed by atoms with E-state index < -0.39 is 11.7 Å². The van der Waals surface area contributed by atoms with E-state index in [4.69, 9.17) is 9.15 Å². The van der Waals surface area contributed by atoms with E-state index in [2.05, 4.69) is 0 Å². The van der Waals surface area contributed by atoms with Crippen LogP contribution in [-0.4, -0.2) is 22.3 Å². The molecule has 0 spiro atoms. The molecular weight excluding hydrogens is 334 g/mol. The first-order valence-corrected chi connectivity index (χ1v) is 9.54. The van der Waals surface area contributed by atoms with Gasteiger partial charge in [0.1, 0.15) is 11.3 Å². The number of amides is 1. The average molecular weight is 353 g/mol. The molecule has 0 radical (unpaired) electrons. The fourth-order valence-corrected chi connectivity index (χ4v) is 3.33. The van der Waals surface area contributed by atoms with Crippen molar-refractivity contribution in [1.82, 2.24) is 3.71 Å². The number of aryl methyl sites for hydroxylation is 2. The maximum absolute atomic E-state index is 12.2. The van der Waals surface area contributed by atoms with Gasteiger partial charge in [0.05, 0.1) is 0 Å². The van der Waals surface area contributed by atoms with Crippen LogP contribution in [0.4, 0.5) is 4.79 Å². The highest BCUT2D eigenvalue weighted by molar-refractivity contribution is 8.12. The molecule has 0 saturated heterocycles. The summed E-state index contributed by atoms with van der Waals surface area (Å²) in [6.45, 7) is 3.89. The van der Waals surface area contributed by atoms with E-state index in [9.17, 15) is 9.59 Å². The summed E-state index contributed by atoms with van der Waals surface area (Å²) in [6, 6.07) is 5.04. The van der Waals surface area contributed by atoms with Gasteiger partial charge in [0, 0.05) is 29.5 Å². The van der Waals surface area contributed by atoms with Crippen LogP contribution in [0.15, 0.2) is 27.4 Å². The molecule has 1 amide bonds. The highest BCUT2D eigenvalue weighted by Crippen LogP contribution is 2.31. The summed E-state index contributed by atoms with van der Waals surface area (Å²) in [5.74, 6) is 0.436. The van der Waals surface area contributed by atoms with Crippen molar-refractivity contribution in [3.8, 4) is 5.75 Å². The van der Waals surface area contributed by atoms with Crippen LogP contribution in [0, 0.1) is 6.92 Å². The fourth-order valence-electron chi connectivity index (χ4n) is 2.36. The molecule has 0 aliphatic carbocycles. The van der Waals surface area contributed by atoms with E-state index in [1.807, 2.05) is 19.9 Å². The minimum atomic E-state index is -0.461. The molecule has 2 aromatic rings. The second kappa shape index (κ2) is 7.79. The molecule has 124 valence electrons. The Kier molecular flexibility index (Phi) is 6.01. The number of ether oxygens (including phenoxy) is 1. The zero-order valence-corrected chi connectivity index (χ0v) is 15.2. The van der Waals surface area contributed by atoms with Gasteiger partial charge in [-0.2, -0.15) is 3.71 Å². The smallest absolute Gasteiger partial charge is 0.422 e. The third kappa shape index (κ3) is 3.84. The maximum atomic E-state index is 12.2. The second-order valence-electron chi connectivity index (χ2n) is 4.91. The first-order valence-electron chi connectivity index (χ1n) is 7.18. The number of hydrogen-bond acceptors (Lipinski definition) is 6. The predicted molar refractivity (Wildman–Crippen MR) is 96.1 cm³/mol. The van der Waals surface area contributed by atoms with Gasteiger partial charge in [0.2, 0.25) is 0 Å². The Bertz CT molecular complexity index is 768. The predicted octanol–water partition coefficient (Wildman–Crippen LogP) is 4.41. The Morgan fingerprint density at radius 1 is 1.30 bits per heavy atom. The molecule has 1 heterocycles. The van der Waals surface area contributed by atoms with Gasteiger partial charge in [0.15, 0.2) is 0 Å². The largest absolute Gasteiger partial charge is 0.435 e. The molecule has 0 saturated carbocycles. The molecule has 0 aliphatic rings. The van der Waals surface area contributed by atoms with Crippen LogP contribution in [0.3, 0.4) is 0 Å². The van der Waals surface area contributed by atoms with Crippen LogP contribution in [0.5, 0.6) is 5.75 Å². The van der Waals surface area contributed by atoms with Crippen molar-refractivity contribution < 1.29 is 13.9 Å². The van der Waals surface area contributed by atoms with E-state index >= 15 is 0 Å². The van der Waals surface area contributed by atoms with Gasteiger partial charge in [-0.15, -0.1) is 0 Å². The minimum Gasteiger partial charge on any atom is -0.422 e. The summed E-state index contributed by atoms with van der Waals surface area (Å²) in [5, 5.41) is 0.861. The summed E-state index contributed by atoms with van der Waals surface area (Å²) in [6.07, 6.45) is 4.64. The van der Waals surface area contributed by atoms with Crippen LogP contribution in [0.2, 0.25) is 0 Å². The molecule has 0 atom stereocenters. The van der Waals surface area contributed by atoms with Crippen molar-refractivity contribution in [3.05, 3.63) is 39.7 Å². The second-order valence-corrected chi connectivity index (χ2v) is 6.60. The molecule has 0 bridgehead atoms. The van der Waals surface area contributed by atoms with Crippen molar-refractivity contribution >= 4 is 41.0 Å². The van der Waals surface area contributed by atoms with E-state index in [0.717, 1.165) is 22.9 Å². The molecule has 5 nitrogen and oxygen atoms in total. The molecule has 7 heteroatoms. The van der Waals surface area contributed by atoms with Gasteiger partial charge in [-0.1, -0.05) is 13.3 Å². The fraction of sp³-hybridized carbons (Fsp3) is 0.375. The minimum absolute atomic E-state index is 0.398. The summed E-state index contributed by atoms with van der Waals surface area (Å²) >= 11 is 2.55. The normalized spacial score (nSPS) is 10.8. The van der Waals surface area contributed by atoms with Gasteiger partial charge in [-0.05, 0) is 54.9 Å². The van der Waals surface area contributed by atoms with Crippen molar-refractivity contribution in [3.63, 3.8) is 0 Å².